The molecule has 0 unspecified atom stereocenters. The first-order chi connectivity index (χ1) is 14.3. The van der Waals surface area contributed by atoms with Crippen LogP contribution < -0.4 is 16.6 Å². The highest BCUT2D eigenvalue weighted by molar-refractivity contribution is 7.17. The number of nitrogens with one attached hydrogen (secondary N) is 1. The van der Waals surface area contributed by atoms with Crippen molar-refractivity contribution in [3.63, 3.8) is 0 Å². The van der Waals surface area contributed by atoms with E-state index in [9.17, 15) is 14.4 Å². The predicted octanol–water partition coefficient (Wildman–Crippen LogP) is 4.47. The first-order valence-electron chi connectivity index (χ1n) is 8.90. The molecule has 4 aromatic rings. The maximum absolute atomic E-state index is 13.2. The first-order valence-corrected chi connectivity index (χ1v) is 10.5. The molecule has 2 aromatic carbocycles. The number of carbonyl (C=O) groups excluding carboxylic acids is 1. The molecule has 30 heavy (non-hydrogen) atoms. The van der Waals surface area contributed by atoms with Gasteiger partial charge in [0.2, 0.25) is 5.91 Å². The molecule has 2 aromatic heterocycles. The van der Waals surface area contributed by atoms with Crippen LogP contribution in [0.4, 0.5) is 5.69 Å². The number of fused-ring (bicyclic) bond motifs is 1. The maximum atomic E-state index is 13.2. The molecule has 0 atom stereocenters. The molecule has 0 spiro atoms. The average molecular weight is 460 g/mol. The van der Waals surface area contributed by atoms with Crippen molar-refractivity contribution in [1.29, 1.82) is 0 Å². The van der Waals surface area contributed by atoms with E-state index in [1.54, 1.807) is 53.9 Å². The molecule has 0 fully saturated rings. The highest BCUT2D eigenvalue weighted by Crippen LogP contribution is 2.21. The van der Waals surface area contributed by atoms with Gasteiger partial charge in [0.15, 0.2) is 0 Å². The second-order valence-corrected chi connectivity index (χ2v) is 8.42. The minimum atomic E-state index is -0.605. The van der Waals surface area contributed by atoms with E-state index >= 15 is 0 Å². The lowest BCUT2D eigenvalue weighted by Crippen LogP contribution is -2.40. The SMILES string of the molecule is Cc1ccc(Cl)cc1NC(=O)Cn1c(=O)n(-c2ccc(Cl)cc2)c(=O)c2sccc21. The van der Waals surface area contributed by atoms with Crippen LogP contribution in [0.3, 0.4) is 0 Å². The third-order valence-corrected chi connectivity index (χ3v) is 5.99. The Kier molecular flexibility index (Phi) is 5.51. The van der Waals surface area contributed by atoms with Gasteiger partial charge in [0, 0.05) is 15.7 Å². The van der Waals surface area contributed by atoms with Crippen molar-refractivity contribution in [3.05, 3.63) is 90.4 Å². The predicted molar refractivity (Wildman–Crippen MR) is 122 cm³/mol. The van der Waals surface area contributed by atoms with Crippen LogP contribution in [-0.4, -0.2) is 15.0 Å². The minimum absolute atomic E-state index is 0.258. The van der Waals surface area contributed by atoms with E-state index < -0.39 is 17.2 Å². The highest BCUT2D eigenvalue weighted by Gasteiger charge is 2.18. The van der Waals surface area contributed by atoms with Crippen LogP contribution in [0.25, 0.3) is 15.9 Å². The van der Waals surface area contributed by atoms with Crippen LogP contribution in [0.15, 0.2) is 63.5 Å². The normalized spacial score (nSPS) is 11.0. The van der Waals surface area contributed by atoms with Crippen LogP contribution in [-0.2, 0) is 11.3 Å². The zero-order chi connectivity index (χ0) is 21.4. The molecule has 0 saturated carbocycles. The molecule has 0 aliphatic heterocycles. The lowest BCUT2D eigenvalue weighted by atomic mass is 10.2. The van der Waals surface area contributed by atoms with Gasteiger partial charge >= 0.3 is 5.69 Å². The number of nitrogens with zero attached hydrogens (tertiary/aromatic N) is 2. The quantitative estimate of drug-likeness (QED) is 0.489. The zero-order valence-corrected chi connectivity index (χ0v) is 18.0. The van der Waals surface area contributed by atoms with Gasteiger partial charge in [-0.05, 0) is 60.3 Å². The lowest BCUT2D eigenvalue weighted by molar-refractivity contribution is -0.116. The summed E-state index contributed by atoms with van der Waals surface area (Å²) in [6.45, 7) is 1.59. The summed E-state index contributed by atoms with van der Waals surface area (Å²) in [5.41, 5.74) is 1.16. The van der Waals surface area contributed by atoms with Gasteiger partial charge in [-0.15, -0.1) is 11.3 Å². The van der Waals surface area contributed by atoms with Crippen molar-refractivity contribution in [2.75, 3.05) is 5.32 Å². The van der Waals surface area contributed by atoms with E-state index in [0.717, 1.165) is 10.1 Å². The molecule has 1 amide bonds. The van der Waals surface area contributed by atoms with E-state index in [0.29, 0.717) is 31.6 Å². The van der Waals surface area contributed by atoms with Gasteiger partial charge < -0.3 is 5.32 Å². The molecule has 152 valence electrons. The molecule has 6 nitrogen and oxygen atoms in total. The van der Waals surface area contributed by atoms with Gasteiger partial charge in [-0.1, -0.05) is 29.3 Å². The van der Waals surface area contributed by atoms with E-state index in [4.69, 9.17) is 23.2 Å². The van der Waals surface area contributed by atoms with Gasteiger partial charge in [0.05, 0.1) is 11.2 Å². The Morgan fingerprint density at radius 3 is 2.47 bits per heavy atom. The Labute approximate surface area is 184 Å². The highest BCUT2D eigenvalue weighted by atomic mass is 35.5. The smallest absolute Gasteiger partial charge is 0.324 e. The van der Waals surface area contributed by atoms with E-state index in [-0.39, 0.29) is 6.54 Å². The zero-order valence-electron chi connectivity index (χ0n) is 15.7. The molecular weight excluding hydrogens is 445 g/mol. The van der Waals surface area contributed by atoms with Crippen molar-refractivity contribution in [2.24, 2.45) is 0 Å². The minimum Gasteiger partial charge on any atom is -0.324 e. The number of rotatable bonds is 4. The topological polar surface area (TPSA) is 73.1 Å². The van der Waals surface area contributed by atoms with Gasteiger partial charge in [0.1, 0.15) is 11.2 Å². The summed E-state index contributed by atoms with van der Waals surface area (Å²) in [5.74, 6) is -0.406. The second-order valence-electron chi connectivity index (χ2n) is 6.63. The molecular formula is C21H15Cl2N3O3S. The summed E-state index contributed by atoms with van der Waals surface area (Å²) < 4.78 is 2.72. The van der Waals surface area contributed by atoms with Crippen LogP contribution in [0, 0.1) is 6.92 Å². The standard InChI is InChI=1S/C21H15Cl2N3O3S/c1-12-2-3-14(23)10-16(12)24-18(27)11-25-17-8-9-30-19(17)20(28)26(21(25)29)15-6-4-13(22)5-7-15/h2-10H,11H2,1H3,(H,24,27). The summed E-state index contributed by atoms with van der Waals surface area (Å²) in [4.78, 5) is 38.8. The molecule has 2 heterocycles. The third-order valence-electron chi connectivity index (χ3n) is 4.62. The monoisotopic (exact) mass is 459 g/mol. The Bertz CT molecular complexity index is 1390. The van der Waals surface area contributed by atoms with Crippen LogP contribution >= 0.6 is 34.5 Å². The summed E-state index contributed by atoms with van der Waals surface area (Å²) >= 11 is 13.2. The Morgan fingerprint density at radius 1 is 1.03 bits per heavy atom. The maximum Gasteiger partial charge on any atom is 0.336 e. The fourth-order valence-corrected chi connectivity index (χ4v) is 4.24. The van der Waals surface area contributed by atoms with Gasteiger partial charge in [-0.25, -0.2) is 9.36 Å². The third kappa shape index (κ3) is 3.79. The summed E-state index contributed by atoms with van der Waals surface area (Å²) in [5, 5.41) is 5.47. The number of hydrogen-bond donors (Lipinski definition) is 1. The number of halogens is 2. The Hall–Kier alpha value is -2.87. The van der Waals surface area contributed by atoms with Crippen molar-refractivity contribution in [2.45, 2.75) is 13.5 Å². The fraction of sp³-hybridized carbons (Fsp3) is 0.0952. The number of aryl methyl sites for hydroxylation is 1. The molecule has 0 saturated heterocycles. The first kappa shape index (κ1) is 20.4. The van der Waals surface area contributed by atoms with E-state index in [1.165, 1.54) is 15.9 Å². The van der Waals surface area contributed by atoms with Crippen molar-refractivity contribution >= 4 is 56.3 Å². The van der Waals surface area contributed by atoms with Gasteiger partial charge in [-0.3, -0.25) is 14.2 Å². The fourth-order valence-electron chi connectivity index (χ4n) is 3.12. The number of hydrogen-bond acceptors (Lipinski definition) is 4. The Balaban J connectivity index is 1.79. The number of aromatic nitrogens is 2. The van der Waals surface area contributed by atoms with Gasteiger partial charge in [-0.2, -0.15) is 0 Å². The molecule has 0 bridgehead atoms. The average Bonchev–Trinajstić information content (AvgIpc) is 3.20. The van der Waals surface area contributed by atoms with Crippen molar-refractivity contribution in [3.8, 4) is 5.69 Å². The number of anilines is 1. The largest absolute Gasteiger partial charge is 0.336 e. The molecule has 0 aliphatic carbocycles. The number of thiophene rings is 1. The second kappa shape index (κ2) is 8.10. The molecule has 0 aliphatic rings. The summed E-state index contributed by atoms with van der Waals surface area (Å²) in [7, 11) is 0. The van der Waals surface area contributed by atoms with Crippen LogP contribution in [0.5, 0.6) is 0 Å². The number of carbonyl (C=O) groups is 1. The van der Waals surface area contributed by atoms with Crippen molar-refractivity contribution in [1.82, 2.24) is 9.13 Å². The molecule has 0 radical (unpaired) electrons. The molecule has 9 heteroatoms. The van der Waals surface area contributed by atoms with Crippen LogP contribution in [0.2, 0.25) is 10.0 Å². The summed E-state index contributed by atoms with van der Waals surface area (Å²) in [6.07, 6.45) is 0. The molecule has 1 N–H and O–H groups in total. The van der Waals surface area contributed by atoms with E-state index in [2.05, 4.69) is 5.32 Å². The molecule has 4 rings (SSSR count). The van der Waals surface area contributed by atoms with E-state index in [1.807, 2.05) is 6.92 Å². The number of benzene rings is 2. The van der Waals surface area contributed by atoms with Gasteiger partial charge in [0.25, 0.3) is 5.56 Å². The Morgan fingerprint density at radius 2 is 1.73 bits per heavy atom. The van der Waals surface area contributed by atoms with Crippen molar-refractivity contribution < 1.29 is 4.79 Å². The summed E-state index contributed by atoms with van der Waals surface area (Å²) in [6, 6.07) is 13.2. The van der Waals surface area contributed by atoms with Crippen LogP contribution in [0.1, 0.15) is 5.56 Å². The number of amides is 1. The lowest BCUT2D eigenvalue weighted by Gasteiger charge is -2.13.